The van der Waals surface area contributed by atoms with E-state index in [1.807, 2.05) is 106 Å². The number of aryl methyl sites for hydroxylation is 7. The van der Waals surface area contributed by atoms with Crippen molar-refractivity contribution in [3.63, 3.8) is 0 Å². The molecular weight excluding hydrogens is 1100 g/mol. The number of aromatic nitrogens is 3. The van der Waals surface area contributed by atoms with Crippen LogP contribution < -0.4 is 18.9 Å². The molecule has 478 valence electrons. The number of unbranched alkanes of at least 4 members (excludes halogenated alkanes) is 20. The molecule has 0 N–H and O–H groups in total. The zero-order chi connectivity index (χ0) is 63.0. The molecule has 0 aliphatic heterocycles. The van der Waals surface area contributed by atoms with Crippen molar-refractivity contribution in [3.8, 4) is 23.0 Å². The maximum Gasteiger partial charge on any atom is 0.135 e. The first kappa shape index (κ1) is 72.3. The summed E-state index contributed by atoms with van der Waals surface area (Å²) in [5.41, 5.74) is 9.70. The molecule has 5 aromatic heterocycles. The Kier molecular flexibility index (Phi) is 35.5. The topological polar surface area (TPSA) is 88.7 Å². The quantitative estimate of drug-likeness (QED) is 0.0376. The smallest absolute Gasteiger partial charge is 0.135 e. The average Bonchev–Trinajstić information content (AvgIpc) is 2.77. The lowest BCUT2D eigenvalue weighted by atomic mass is 10.1. The predicted molar refractivity (Wildman–Crippen MR) is 379 cm³/mol. The van der Waals surface area contributed by atoms with Gasteiger partial charge in [-0.05, 0) is 182 Å². The summed E-state index contributed by atoms with van der Waals surface area (Å²) in [7, 11) is 0. The number of rotatable bonds is 33. The summed E-state index contributed by atoms with van der Waals surface area (Å²) in [5, 5.41) is 4.78. The Morgan fingerprint density at radius 1 is 0.352 bits per heavy atom. The largest absolute Gasteiger partial charge is 0.494 e. The fraction of sp³-hybridized carbons (Fsp3) is 0.506. The minimum atomic E-state index is 0.777. The monoisotopic (exact) mass is 1210 g/mol. The number of ether oxygens (including phenoxy) is 4. The third-order valence-electron chi connectivity index (χ3n) is 15.7. The molecule has 0 bridgehead atoms. The van der Waals surface area contributed by atoms with Crippen LogP contribution in [0.3, 0.4) is 0 Å². The van der Waals surface area contributed by atoms with Crippen molar-refractivity contribution in [2.75, 3.05) is 26.4 Å². The Balaban J connectivity index is 0.000000232. The van der Waals surface area contributed by atoms with E-state index in [9.17, 15) is 0 Å². The molecule has 0 aliphatic carbocycles. The first-order valence-corrected chi connectivity index (χ1v) is 34.9. The molecule has 9 heteroatoms. The van der Waals surface area contributed by atoms with Gasteiger partial charge in [0.1, 0.15) is 34.2 Å². The maximum absolute atomic E-state index is 6.19. The molecule has 0 spiro atoms. The van der Waals surface area contributed by atoms with Crippen LogP contribution in [0.1, 0.15) is 228 Å². The van der Waals surface area contributed by atoms with Gasteiger partial charge in [-0.25, -0.2) is 0 Å². The van der Waals surface area contributed by atoms with Gasteiger partial charge in [-0.3, -0.25) is 15.0 Å². The van der Waals surface area contributed by atoms with Crippen molar-refractivity contribution < 1.29 is 23.4 Å². The number of hydrogen-bond acceptors (Lipinski definition) is 9. The maximum atomic E-state index is 6.19. The molecule has 5 heterocycles. The van der Waals surface area contributed by atoms with Crippen LogP contribution in [-0.4, -0.2) is 41.4 Å². The van der Waals surface area contributed by atoms with E-state index in [4.69, 9.17) is 23.4 Å². The number of thiophene rings is 1. The first-order chi connectivity index (χ1) is 43.0. The van der Waals surface area contributed by atoms with Crippen LogP contribution in [0.2, 0.25) is 0 Å². The van der Waals surface area contributed by atoms with Gasteiger partial charge < -0.3 is 23.4 Å². The molecule has 9 rings (SSSR count). The van der Waals surface area contributed by atoms with Crippen LogP contribution >= 0.6 is 11.3 Å². The van der Waals surface area contributed by atoms with E-state index in [0.717, 1.165) is 132 Å². The van der Waals surface area contributed by atoms with Crippen molar-refractivity contribution in [1.82, 2.24) is 15.0 Å². The lowest BCUT2D eigenvalue weighted by molar-refractivity contribution is 0.302. The second-order valence-corrected chi connectivity index (χ2v) is 24.8. The van der Waals surface area contributed by atoms with E-state index in [0.29, 0.717) is 0 Å². The molecule has 9 aromatic rings. The number of hydrogen-bond donors (Lipinski definition) is 0. The van der Waals surface area contributed by atoms with Gasteiger partial charge in [0.05, 0.1) is 26.4 Å². The highest BCUT2D eigenvalue weighted by atomic mass is 32.1. The van der Waals surface area contributed by atoms with E-state index >= 15 is 0 Å². The molecule has 0 unspecified atom stereocenters. The number of furan rings is 1. The Morgan fingerprint density at radius 3 is 1.24 bits per heavy atom. The van der Waals surface area contributed by atoms with Gasteiger partial charge in [0, 0.05) is 65.6 Å². The van der Waals surface area contributed by atoms with Crippen LogP contribution in [0.25, 0.3) is 42.1 Å². The Hall–Kier alpha value is -6.45. The highest BCUT2D eigenvalue weighted by Crippen LogP contribution is 2.40. The fourth-order valence-corrected chi connectivity index (χ4v) is 11.6. The van der Waals surface area contributed by atoms with Gasteiger partial charge in [0.25, 0.3) is 0 Å². The molecule has 88 heavy (non-hydrogen) atoms. The third-order valence-corrected chi connectivity index (χ3v) is 16.8. The summed E-state index contributed by atoms with van der Waals surface area (Å²) < 4.78 is 33.2. The van der Waals surface area contributed by atoms with Crippen LogP contribution in [0.15, 0.2) is 126 Å². The predicted octanol–water partition coefficient (Wildman–Crippen LogP) is 24.3. The second kappa shape index (κ2) is 43.3. The van der Waals surface area contributed by atoms with E-state index < -0.39 is 0 Å². The van der Waals surface area contributed by atoms with Gasteiger partial charge in [-0.15, -0.1) is 11.3 Å². The van der Waals surface area contributed by atoms with E-state index in [2.05, 4.69) is 112 Å². The molecular formula is C79H111N3O5S. The first-order valence-electron chi connectivity index (χ1n) is 34.1. The van der Waals surface area contributed by atoms with Gasteiger partial charge >= 0.3 is 0 Å². The number of benzene rings is 4. The fourth-order valence-electron chi connectivity index (χ4n) is 10.5. The molecule has 0 saturated heterocycles. The zero-order valence-corrected chi connectivity index (χ0v) is 57.2. The molecule has 0 radical (unpaired) electrons. The molecule has 0 amide bonds. The van der Waals surface area contributed by atoms with E-state index in [-0.39, 0.29) is 0 Å². The number of fused-ring (bicyclic) bond motifs is 6. The summed E-state index contributed by atoms with van der Waals surface area (Å²) in [6.07, 6.45) is 33.6. The van der Waals surface area contributed by atoms with Crippen LogP contribution in [-0.2, 0) is 6.42 Å². The SMILES string of the molecule is CCCCCCCCOc1ccc2oc3cc(C)c(OCCCCCCCC)cc3c2c1.CCCCCCCCOc1ccc2sc3cc(C)c(OCCCCCCCC)cc3c2c1.CCc1cccc(C)n1.Cc1cccc(C)n1.Cc1ccccn1. The highest BCUT2D eigenvalue weighted by molar-refractivity contribution is 7.25. The van der Waals surface area contributed by atoms with Gasteiger partial charge in [-0.1, -0.05) is 181 Å². The highest BCUT2D eigenvalue weighted by Gasteiger charge is 2.14. The Morgan fingerprint density at radius 2 is 0.784 bits per heavy atom. The lowest BCUT2D eigenvalue weighted by Crippen LogP contribution is -1.99. The third kappa shape index (κ3) is 27.5. The molecule has 0 fully saturated rings. The van der Waals surface area contributed by atoms with Crippen molar-refractivity contribution in [2.24, 2.45) is 0 Å². The number of pyridine rings is 3. The summed E-state index contributed by atoms with van der Waals surface area (Å²) in [6, 6.07) is 39.5. The van der Waals surface area contributed by atoms with Crippen molar-refractivity contribution in [2.45, 2.75) is 237 Å². The molecule has 8 nitrogen and oxygen atoms in total. The van der Waals surface area contributed by atoms with E-state index in [1.54, 1.807) is 6.20 Å². The molecule has 0 atom stereocenters. The standard InChI is InChI=1S/C29H42O3.C29H42O2S.C8H11N.C7H9N.C6H7N/c1-4-6-8-10-12-14-18-30-24-16-17-27-25(21-24)26-22-28(23(3)20-29(26)32-27)31-19-15-13-11-9-7-5-2;1-4-6-8-10-12-14-18-30-24-16-17-28-25(21-24)26-22-27(23(3)20-29(26)32-28)31-19-15-13-11-9-7-5-2;1-3-8-6-4-5-7(2)9-8;1-6-4-3-5-7(2)8-6;1-6-4-2-3-5-7-6/h2*16-17,20-22H,4-15,18-19H2,1-3H3;4-6H,3H2,1-2H3;3-5H,1-2H3;2-5H,1H3. The Bertz CT molecular complexity index is 3120. The van der Waals surface area contributed by atoms with Gasteiger partial charge in [0.15, 0.2) is 0 Å². The van der Waals surface area contributed by atoms with Crippen LogP contribution in [0, 0.1) is 41.5 Å². The van der Waals surface area contributed by atoms with Crippen LogP contribution in [0.4, 0.5) is 0 Å². The summed E-state index contributed by atoms with van der Waals surface area (Å²) >= 11 is 1.86. The second-order valence-electron chi connectivity index (χ2n) is 23.7. The normalized spacial score (nSPS) is 10.9. The zero-order valence-electron chi connectivity index (χ0n) is 56.3. The number of nitrogens with zero attached hydrogens (tertiary/aromatic N) is 3. The minimum Gasteiger partial charge on any atom is -0.494 e. The molecule has 0 saturated carbocycles. The van der Waals surface area contributed by atoms with Crippen molar-refractivity contribution in [1.29, 1.82) is 0 Å². The van der Waals surface area contributed by atoms with Crippen LogP contribution in [0.5, 0.6) is 23.0 Å². The summed E-state index contributed by atoms with van der Waals surface area (Å²) in [6.45, 7) is 26.6. The lowest BCUT2D eigenvalue weighted by Gasteiger charge is -2.10. The minimum absolute atomic E-state index is 0.777. The van der Waals surface area contributed by atoms with Gasteiger partial charge in [0.2, 0.25) is 0 Å². The average molecular weight is 1210 g/mol. The molecule has 4 aromatic carbocycles. The molecule has 0 aliphatic rings. The van der Waals surface area contributed by atoms with Gasteiger partial charge in [-0.2, -0.15) is 0 Å². The van der Waals surface area contributed by atoms with E-state index in [1.165, 1.54) is 160 Å². The van der Waals surface area contributed by atoms with Crippen molar-refractivity contribution in [3.05, 3.63) is 161 Å². The Labute approximate surface area is 536 Å². The summed E-state index contributed by atoms with van der Waals surface area (Å²) in [4.78, 5) is 12.4. The summed E-state index contributed by atoms with van der Waals surface area (Å²) in [5.74, 6) is 3.90. The van der Waals surface area contributed by atoms with Crippen molar-refractivity contribution >= 4 is 53.4 Å².